The Morgan fingerprint density at radius 3 is 2.55 bits per heavy atom. The first-order valence-electron chi connectivity index (χ1n) is 19.4. The van der Waals surface area contributed by atoms with Crippen LogP contribution >= 0.6 is 11.3 Å². The van der Waals surface area contributed by atoms with Crippen molar-refractivity contribution in [3.63, 3.8) is 0 Å². The van der Waals surface area contributed by atoms with Crippen LogP contribution in [0, 0.1) is 11.3 Å². The highest BCUT2D eigenvalue weighted by atomic mass is 32.1. The number of aromatic nitrogens is 4. The predicted molar refractivity (Wildman–Crippen MR) is 212 cm³/mol. The number of aryl methyl sites for hydroxylation is 1. The third kappa shape index (κ3) is 6.58. The molecule has 1 unspecified atom stereocenters. The molecule has 286 valence electrons. The van der Waals surface area contributed by atoms with Gasteiger partial charge in [-0.1, -0.05) is 12.1 Å². The highest BCUT2D eigenvalue weighted by Gasteiger charge is 2.45. The van der Waals surface area contributed by atoms with Crippen LogP contribution in [0.4, 0.5) is 11.4 Å². The minimum absolute atomic E-state index is 0.228. The zero-order chi connectivity index (χ0) is 37.8. The number of benzene rings is 2. The number of piperidine rings is 2. The van der Waals surface area contributed by atoms with Crippen LogP contribution in [0.1, 0.15) is 78.8 Å². The third-order valence-electron chi connectivity index (χ3n) is 12.5. The lowest BCUT2D eigenvalue weighted by atomic mass is 9.71. The number of para-hydroxylation sites is 1. The SMILES string of the molecule is COc1cc2nc(C3CCC(CN4CC5(CCN(c6cccc7c6n(C)c(=O)n7C6CCC(=O)NC6=O)CC5)C4)CC3)sc2cc1NC(=O)c1ccccn1. The molecule has 1 atom stereocenters. The van der Waals surface area contributed by atoms with E-state index in [2.05, 4.69) is 31.5 Å². The zero-order valence-electron chi connectivity index (χ0n) is 31.3. The lowest BCUT2D eigenvalue weighted by Gasteiger charge is -2.55. The second-order valence-electron chi connectivity index (χ2n) is 15.9. The number of carbonyl (C=O) groups is 3. The number of anilines is 2. The maximum atomic E-state index is 13.5. The number of hydrogen-bond acceptors (Lipinski definition) is 10. The number of imidazole rings is 1. The van der Waals surface area contributed by atoms with Crippen LogP contribution < -0.4 is 26.0 Å². The van der Waals surface area contributed by atoms with Crippen LogP contribution in [0.15, 0.2) is 59.5 Å². The summed E-state index contributed by atoms with van der Waals surface area (Å²) >= 11 is 1.72. The van der Waals surface area contributed by atoms with Gasteiger partial charge in [-0.2, -0.15) is 0 Å². The summed E-state index contributed by atoms with van der Waals surface area (Å²) in [6, 6.07) is 14.4. The average molecular weight is 763 g/mol. The summed E-state index contributed by atoms with van der Waals surface area (Å²) in [5.41, 5.74) is 4.62. The fourth-order valence-electron chi connectivity index (χ4n) is 9.53. The molecular weight excluding hydrogens is 717 g/mol. The molecule has 2 aromatic carbocycles. The van der Waals surface area contributed by atoms with E-state index in [9.17, 15) is 19.2 Å². The molecule has 14 heteroatoms. The van der Waals surface area contributed by atoms with E-state index in [0.29, 0.717) is 40.8 Å². The molecular formula is C41H46N8O5S. The maximum absolute atomic E-state index is 13.5. The Morgan fingerprint density at radius 2 is 1.82 bits per heavy atom. The quantitative estimate of drug-likeness (QED) is 0.197. The third-order valence-corrected chi connectivity index (χ3v) is 13.7. The first-order valence-corrected chi connectivity index (χ1v) is 20.2. The Balaban J connectivity index is 0.786. The smallest absolute Gasteiger partial charge is 0.329 e. The van der Waals surface area contributed by atoms with E-state index in [1.807, 2.05) is 24.3 Å². The van der Waals surface area contributed by atoms with Crippen LogP contribution in [0.25, 0.3) is 21.3 Å². The number of methoxy groups -OCH3 is 1. The highest BCUT2D eigenvalue weighted by Crippen LogP contribution is 2.45. The van der Waals surface area contributed by atoms with Crippen molar-refractivity contribution in [3.8, 4) is 5.75 Å². The van der Waals surface area contributed by atoms with E-state index < -0.39 is 11.9 Å². The molecule has 2 N–H and O–H groups in total. The van der Waals surface area contributed by atoms with Crippen molar-refractivity contribution in [2.45, 2.75) is 63.3 Å². The molecule has 3 aromatic heterocycles. The molecule has 4 fully saturated rings. The molecule has 3 amide bonds. The predicted octanol–water partition coefficient (Wildman–Crippen LogP) is 5.46. The van der Waals surface area contributed by atoms with Gasteiger partial charge in [0.2, 0.25) is 11.8 Å². The van der Waals surface area contributed by atoms with Crippen LogP contribution in [0.2, 0.25) is 0 Å². The largest absolute Gasteiger partial charge is 0.494 e. The fourth-order valence-corrected chi connectivity index (χ4v) is 10.7. The molecule has 55 heavy (non-hydrogen) atoms. The Morgan fingerprint density at radius 1 is 1.02 bits per heavy atom. The Labute approximate surface area is 322 Å². The van der Waals surface area contributed by atoms with E-state index in [4.69, 9.17) is 9.72 Å². The topological polar surface area (TPSA) is 144 Å². The lowest BCUT2D eigenvalue weighted by molar-refractivity contribution is -0.135. The van der Waals surface area contributed by atoms with Crippen LogP contribution in [0.5, 0.6) is 5.75 Å². The number of rotatable bonds is 8. The van der Waals surface area contributed by atoms with Crippen molar-refractivity contribution in [3.05, 3.63) is 75.9 Å². The van der Waals surface area contributed by atoms with Gasteiger partial charge in [0.05, 0.1) is 44.7 Å². The molecule has 1 spiro atoms. The molecule has 0 bridgehead atoms. The Bertz CT molecular complexity index is 2340. The molecule has 4 aliphatic rings. The van der Waals surface area contributed by atoms with Crippen molar-refractivity contribution >= 4 is 61.7 Å². The number of carbonyl (C=O) groups excluding carboxylic acids is 3. The number of nitrogens with one attached hydrogen (secondary N) is 2. The minimum atomic E-state index is -0.684. The molecule has 6 heterocycles. The molecule has 1 saturated carbocycles. The summed E-state index contributed by atoms with van der Waals surface area (Å²) in [4.78, 5) is 65.0. The van der Waals surface area contributed by atoms with Gasteiger partial charge in [-0.3, -0.25) is 33.8 Å². The van der Waals surface area contributed by atoms with Crippen LogP contribution in [0.3, 0.4) is 0 Å². The molecule has 0 radical (unpaired) electrons. The fraction of sp³-hybridized carbons (Fsp3) is 0.463. The normalized spacial score (nSPS) is 22.9. The Kier molecular flexibility index (Phi) is 9.20. The average Bonchev–Trinajstić information content (AvgIpc) is 3.72. The van der Waals surface area contributed by atoms with E-state index in [0.717, 1.165) is 85.3 Å². The van der Waals surface area contributed by atoms with E-state index >= 15 is 0 Å². The minimum Gasteiger partial charge on any atom is -0.494 e. The van der Waals surface area contributed by atoms with Gasteiger partial charge in [0.1, 0.15) is 17.5 Å². The summed E-state index contributed by atoms with van der Waals surface area (Å²) in [6.45, 7) is 5.32. The van der Waals surface area contributed by atoms with Gasteiger partial charge in [0.15, 0.2) is 0 Å². The molecule has 1 aliphatic carbocycles. The number of amides is 3. The first-order chi connectivity index (χ1) is 26.7. The number of likely N-dealkylation sites (tertiary alicyclic amines) is 1. The van der Waals surface area contributed by atoms with Crippen LogP contribution in [-0.2, 0) is 16.6 Å². The van der Waals surface area contributed by atoms with Gasteiger partial charge in [0.25, 0.3) is 5.91 Å². The molecule has 3 aliphatic heterocycles. The number of hydrogen-bond donors (Lipinski definition) is 2. The summed E-state index contributed by atoms with van der Waals surface area (Å²) in [7, 11) is 3.38. The van der Waals surface area contributed by atoms with Crippen molar-refractivity contribution in [1.82, 2.24) is 29.3 Å². The monoisotopic (exact) mass is 762 g/mol. The van der Waals surface area contributed by atoms with Crippen molar-refractivity contribution in [2.75, 3.05) is 50.1 Å². The van der Waals surface area contributed by atoms with E-state index in [1.54, 1.807) is 59.0 Å². The summed E-state index contributed by atoms with van der Waals surface area (Å²) in [5.74, 6) is 0.760. The second kappa shape index (κ2) is 14.2. The second-order valence-corrected chi connectivity index (χ2v) is 17.0. The van der Waals surface area contributed by atoms with Gasteiger partial charge < -0.3 is 19.9 Å². The summed E-state index contributed by atoms with van der Waals surface area (Å²) < 4.78 is 9.89. The number of thiazole rings is 1. The van der Waals surface area contributed by atoms with Crippen molar-refractivity contribution in [2.24, 2.45) is 18.4 Å². The zero-order valence-corrected chi connectivity index (χ0v) is 32.1. The number of nitrogens with zero attached hydrogens (tertiary/aromatic N) is 6. The maximum Gasteiger partial charge on any atom is 0.329 e. The molecule has 5 aromatic rings. The van der Waals surface area contributed by atoms with E-state index in [1.165, 1.54) is 17.8 Å². The van der Waals surface area contributed by atoms with Gasteiger partial charge in [-0.15, -0.1) is 11.3 Å². The molecule has 13 nitrogen and oxygen atoms in total. The van der Waals surface area contributed by atoms with Crippen molar-refractivity contribution in [1.29, 1.82) is 0 Å². The first kappa shape index (κ1) is 35.6. The van der Waals surface area contributed by atoms with Gasteiger partial charge in [-0.25, -0.2) is 9.78 Å². The summed E-state index contributed by atoms with van der Waals surface area (Å²) in [6.07, 6.45) is 9.07. The van der Waals surface area contributed by atoms with Gasteiger partial charge in [-0.05, 0) is 86.6 Å². The van der Waals surface area contributed by atoms with E-state index in [-0.39, 0.29) is 23.9 Å². The van der Waals surface area contributed by atoms with Gasteiger partial charge >= 0.3 is 5.69 Å². The molecule has 9 rings (SSSR count). The van der Waals surface area contributed by atoms with Crippen molar-refractivity contribution < 1.29 is 19.1 Å². The standard InChI is InChI=1S/C41H46N8O5S/c1-46-36-30(7-5-8-31(36)49(40(46)53)32-13-14-35(50)45-38(32)52)48-18-15-41(16-19-48)23-47(24-41)22-25-9-11-26(12-10-25)39-44-29-20-33(54-2)28(21-34(29)55-39)43-37(51)27-6-3-4-17-42-27/h3-8,17,20-21,25-26,32H,9-16,18-19,22-24H2,1-2H3,(H,43,51)(H,45,50,52). The Hall–Kier alpha value is -5.08. The summed E-state index contributed by atoms with van der Waals surface area (Å²) in [5, 5.41) is 6.54. The number of pyridine rings is 1. The number of ether oxygens (including phenoxy) is 1. The van der Waals surface area contributed by atoms with Gasteiger partial charge in [0, 0.05) is 64.4 Å². The highest BCUT2D eigenvalue weighted by molar-refractivity contribution is 7.18. The number of fused-ring (bicyclic) bond motifs is 2. The van der Waals surface area contributed by atoms with Crippen LogP contribution in [-0.4, -0.2) is 81.6 Å². The number of imide groups is 1. The lowest BCUT2D eigenvalue weighted by Crippen LogP contribution is -2.61. The molecule has 3 saturated heterocycles.